The van der Waals surface area contributed by atoms with Crippen LogP contribution in [0.1, 0.15) is 39.5 Å². The van der Waals surface area contributed by atoms with E-state index in [2.05, 4.69) is 59.5 Å². The number of urea groups is 1. The molecule has 2 aliphatic rings. The number of carbonyl (C=O) groups excluding carboxylic acids is 1. The van der Waals surface area contributed by atoms with E-state index in [1.165, 1.54) is 6.33 Å². The molecule has 214 valence electrons. The van der Waals surface area contributed by atoms with Crippen molar-refractivity contribution in [2.24, 2.45) is 0 Å². The topological polar surface area (TPSA) is 122 Å². The Balaban J connectivity index is 1.41. The van der Waals surface area contributed by atoms with Crippen molar-refractivity contribution in [2.45, 2.75) is 76.7 Å². The molecule has 12 heteroatoms. The van der Waals surface area contributed by atoms with Gasteiger partial charge in [-0.25, -0.2) is 19.7 Å². The number of anilines is 1. The zero-order valence-corrected chi connectivity index (χ0v) is 24.8. The van der Waals surface area contributed by atoms with E-state index >= 15 is 0 Å². The minimum absolute atomic E-state index is 0.0589. The van der Waals surface area contributed by atoms with Gasteiger partial charge in [0.25, 0.3) is 0 Å². The number of ether oxygens (including phenoxy) is 3. The first-order valence-electron chi connectivity index (χ1n) is 13.6. The van der Waals surface area contributed by atoms with Crippen LogP contribution in [-0.2, 0) is 18.6 Å². The van der Waals surface area contributed by atoms with Crippen molar-refractivity contribution < 1.29 is 23.4 Å². The van der Waals surface area contributed by atoms with Crippen LogP contribution in [0.25, 0.3) is 17.2 Å². The molecule has 2 aliphatic heterocycles. The zero-order chi connectivity index (χ0) is 28.5. The summed E-state index contributed by atoms with van der Waals surface area (Å²) in [5, 5.41) is 5.49. The first-order chi connectivity index (χ1) is 19.1. The molecule has 0 bridgehead atoms. The number of imidazole rings is 1. The van der Waals surface area contributed by atoms with E-state index in [0.717, 1.165) is 5.56 Å². The Morgan fingerprint density at radius 1 is 1.10 bits per heavy atom. The maximum atomic E-state index is 12.1. The molecule has 1 aromatic carbocycles. The van der Waals surface area contributed by atoms with E-state index in [0.29, 0.717) is 30.1 Å². The number of aromatic nitrogens is 4. The second kappa shape index (κ2) is 11.4. The van der Waals surface area contributed by atoms with Crippen LogP contribution in [0.4, 0.5) is 10.6 Å². The van der Waals surface area contributed by atoms with Crippen LogP contribution >= 0.6 is 0 Å². The maximum Gasteiger partial charge on any atom is 0.320 e. The summed E-state index contributed by atoms with van der Waals surface area (Å²) in [6.07, 6.45) is 4.69. The van der Waals surface area contributed by atoms with Gasteiger partial charge in [0, 0.05) is 6.54 Å². The Kier molecular flexibility index (Phi) is 8.07. The number of fused-ring (bicyclic) bond motifs is 2. The average Bonchev–Trinajstić information content (AvgIpc) is 3.61. The lowest BCUT2D eigenvalue weighted by Crippen LogP contribution is -2.44. The molecule has 0 aliphatic carbocycles. The van der Waals surface area contributed by atoms with E-state index in [4.69, 9.17) is 18.6 Å². The summed E-state index contributed by atoms with van der Waals surface area (Å²) in [5.41, 5.74) is 2.03. The Hall–Kier alpha value is -3.16. The van der Waals surface area contributed by atoms with Crippen molar-refractivity contribution in [3.05, 3.63) is 54.6 Å². The van der Waals surface area contributed by atoms with Gasteiger partial charge in [-0.15, -0.1) is 0 Å². The third-order valence-corrected chi connectivity index (χ3v) is 12.2. The summed E-state index contributed by atoms with van der Waals surface area (Å²) in [6, 6.07) is 9.65. The third kappa shape index (κ3) is 5.81. The Labute approximate surface area is 235 Å². The molecule has 5 rings (SSSR count). The molecule has 2 saturated heterocycles. The summed E-state index contributed by atoms with van der Waals surface area (Å²) in [7, 11) is -2.03. The quantitative estimate of drug-likeness (QED) is 0.376. The van der Waals surface area contributed by atoms with Gasteiger partial charge >= 0.3 is 6.03 Å². The number of hydrogen-bond acceptors (Lipinski definition) is 8. The molecule has 2 fully saturated rings. The van der Waals surface area contributed by atoms with Crippen LogP contribution in [0.5, 0.6) is 0 Å². The molecule has 0 saturated carbocycles. The highest BCUT2D eigenvalue weighted by Crippen LogP contribution is 2.43. The van der Waals surface area contributed by atoms with E-state index in [1.54, 1.807) is 6.33 Å². The highest BCUT2D eigenvalue weighted by atomic mass is 28.4. The number of benzene rings is 1. The van der Waals surface area contributed by atoms with Crippen molar-refractivity contribution >= 4 is 37.4 Å². The number of hydrogen-bond donors (Lipinski definition) is 2. The summed E-state index contributed by atoms with van der Waals surface area (Å²) >= 11 is 0. The van der Waals surface area contributed by atoms with E-state index < -0.39 is 26.9 Å². The fourth-order valence-corrected chi connectivity index (χ4v) is 5.52. The standard InChI is InChI=1S/C28H38N6O5Si/c1-7-29-27(35)33-24-21-25(31-16-30-24)34(17-32-21)26-23-22(19(37-26)15-36-40(5,6)28(2,3)4)38-20(39-23)14-13-18-11-9-8-10-12-18/h8-14,16-17,19-20,22-23,26H,7,15H2,1-6H3,(H2,29,30,31,33,35)/t19-,20+,22?,23?,26-/m1/s1. The van der Waals surface area contributed by atoms with Gasteiger partial charge < -0.3 is 24.0 Å². The predicted molar refractivity (Wildman–Crippen MR) is 154 cm³/mol. The monoisotopic (exact) mass is 566 g/mol. The van der Waals surface area contributed by atoms with E-state index in [-0.39, 0.29) is 23.3 Å². The van der Waals surface area contributed by atoms with E-state index in [9.17, 15) is 4.79 Å². The predicted octanol–water partition coefficient (Wildman–Crippen LogP) is 4.71. The number of nitrogens with one attached hydrogen (secondary N) is 2. The molecule has 40 heavy (non-hydrogen) atoms. The fourth-order valence-electron chi connectivity index (χ4n) is 4.51. The SMILES string of the molecule is CCNC(=O)Nc1ncnc2c1ncn2[C@@H]1O[C@H](CO[Si](C)(C)C(C)(C)C)C2O[C@H](C=Cc3ccccc3)OC21. The molecule has 2 amide bonds. The Morgan fingerprint density at radius 2 is 1.85 bits per heavy atom. The first-order valence-corrected chi connectivity index (χ1v) is 16.5. The second-order valence-corrected chi connectivity index (χ2v) is 16.3. The molecule has 0 spiro atoms. The van der Waals surface area contributed by atoms with Gasteiger partial charge in [0.15, 0.2) is 37.8 Å². The van der Waals surface area contributed by atoms with Crippen LogP contribution in [0.15, 0.2) is 49.1 Å². The Morgan fingerprint density at radius 3 is 2.58 bits per heavy atom. The van der Waals surface area contributed by atoms with Crippen LogP contribution in [-0.4, -0.2) is 71.6 Å². The highest BCUT2D eigenvalue weighted by Gasteiger charge is 2.54. The zero-order valence-electron chi connectivity index (χ0n) is 23.8. The van der Waals surface area contributed by atoms with Crippen LogP contribution in [0.3, 0.4) is 0 Å². The number of nitrogens with zero attached hydrogens (tertiary/aromatic N) is 4. The number of amides is 2. The normalized spacial score (nSPS) is 25.0. The molecule has 2 N–H and O–H groups in total. The van der Waals surface area contributed by atoms with Gasteiger partial charge in [-0.3, -0.25) is 9.88 Å². The van der Waals surface area contributed by atoms with Gasteiger partial charge in [-0.1, -0.05) is 57.2 Å². The molecule has 5 atom stereocenters. The molecule has 2 unspecified atom stereocenters. The lowest BCUT2D eigenvalue weighted by Gasteiger charge is -2.37. The highest BCUT2D eigenvalue weighted by molar-refractivity contribution is 6.74. The summed E-state index contributed by atoms with van der Waals surface area (Å²) in [5.74, 6) is 0.314. The second-order valence-electron chi connectivity index (χ2n) is 11.5. The van der Waals surface area contributed by atoms with Gasteiger partial charge in [0.1, 0.15) is 24.6 Å². The van der Waals surface area contributed by atoms with E-state index in [1.807, 2.05) is 54.0 Å². The average molecular weight is 567 g/mol. The van der Waals surface area contributed by atoms with Crippen molar-refractivity contribution in [1.29, 1.82) is 0 Å². The summed E-state index contributed by atoms with van der Waals surface area (Å²) in [6.45, 7) is 13.8. The summed E-state index contributed by atoms with van der Waals surface area (Å²) in [4.78, 5) is 25.3. The molecular formula is C28H38N6O5Si. The molecular weight excluding hydrogens is 528 g/mol. The van der Waals surface area contributed by atoms with Gasteiger partial charge in [-0.2, -0.15) is 0 Å². The lowest BCUT2D eigenvalue weighted by molar-refractivity contribution is -0.132. The van der Waals surface area contributed by atoms with Gasteiger partial charge in [0.2, 0.25) is 0 Å². The molecule has 3 aromatic rings. The van der Waals surface area contributed by atoms with Gasteiger partial charge in [0.05, 0.1) is 12.9 Å². The third-order valence-electron chi connectivity index (χ3n) is 7.73. The number of carbonyl (C=O) groups is 1. The maximum absolute atomic E-state index is 12.1. The van der Waals surface area contributed by atoms with Crippen LogP contribution in [0.2, 0.25) is 18.1 Å². The molecule has 2 aromatic heterocycles. The molecule has 11 nitrogen and oxygen atoms in total. The van der Waals surface area contributed by atoms with Gasteiger partial charge in [-0.05, 0) is 36.7 Å². The largest absolute Gasteiger partial charge is 0.414 e. The van der Waals surface area contributed by atoms with Crippen molar-refractivity contribution in [2.75, 3.05) is 18.5 Å². The smallest absolute Gasteiger partial charge is 0.320 e. The first kappa shape index (κ1) is 28.4. The number of rotatable bonds is 8. The Bertz CT molecular complexity index is 1360. The molecule has 0 radical (unpaired) electrons. The minimum Gasteiger partial charge on any atom is -0.414 e. The lowest BCUT2D eigenvalue weighted by atomic mass is 10.1. The van der Waals surface area contributed by atoms with Crippen molar-refractivity contribution in [3.8, 4) is 0 Å². The summed E-state index contributed by atoms with van der Waals surface area (Å²) < 4.78 is 27.7. The van der Waals surface area contributed by atoms with Crippen LogP contribution in [0, 0.1) is 0 Å². The van der Waals surface area contributed by atoms with Crippen molar-refractivity contribution in [3.63, 3.8) is 0 Å². The minimum atomic E-state index is -2.03. The van der Waals surface area contributed by atoms with Crippen LogP contribution < -0.4 is 10.6 Å². The fraction of sp³-hybridized carbons (Fsp3) is 0.500. The molecule has 4 heterocycles. The van der Waals surface area contributed by atoms with Crippen molar-refractivity contribution in [1.82, 2.24) is 24.8 Å².